The van der Waals surface area contributed by atoms with Gasteiger partial charge >= 0.3 is 5.69 Å². The molecule has 152 valence electrons. The molecule has 1 amide bonds. The minimum Gasteiger partial charge on any atom is -0.326 e. The molecular formula is C21H20N6O3. The lowest BCUT2D eigenvalue weighted by molar-refractivity contribution is -0.116. The number of rotatable bonds is 7. The van der Waals surface area contributed by atoms with Crippen LogP contribution in [-0.2, 0) is 17.9 Å². The highest BCUT2D eigenvalue weighted by atomic mass is 16.2. The van der Waals surface area contributed by atoms with Gasteiger partial charge in [-0.3, -0.25) is 14.2 Å². The second-order valence-corrected chi connectivity index (χ2v) is 6.87. The topological polar surface area (TPSA) is 115 Å². The predicted molar refractivity (Wildman–Crippen MR) is 112 cm³/mol. The molecule has 0 fully saturated rings. The van der Waals surface area contributed by atoms with E-state index < -0.39 is 5.69 Å². The van der Waals surface area contributed by atoms with Gasteiger partial charge in [0.25, 0.3) is 5.56 Å². The SMILES string of the molecule is O=C(CCCn1c(=O)[nH]c2ccccc2c1=O)Nc1ccc(Cn2cncn2)cc1. The first-order chi connectivity index (χ1) is 14.6. The van der Waals surface area contributed by atoms with Gasteiger partial charge in [-0.05, 0) is 36.2 Å². The van der Waals surface area contributed by atoms with Gasteiger partial charge in [0.15, 0.2) is 0 Å². The third-order valence-electron chi connectivity index (χ3n) is 4.72. The van der Waals surface area contributed by atoms with E-state index >= 15 is 0 Å². The molecule has 0 aliphatic heterocycles. The van der Waals surface area contributed by atoms with Gasteiger partial charge in [-0.1, -0.05) is 24.3 Å². The van der Waals surface area contributed by atoms with Crippen LogP contribution in [0.4, 0.5) is 5.69 Å². The first kappa shape index (κ1) is 19.3. The summed E-state index contributed by atoms with van der Waals surface area (Å²) in [6.45, 7) is 0.770. The summed E-state index contributed by atoms with van der Waals surface area (Å²) in [5.74, 6) is -0.177. The van der Waals surface area contributed by atoms with E-state index in [0.29, 0.717) is 29.6 Å². The number of nitrogens with one attached hydrogen (secondary N) is 2. The van der Waals surface area contributed by atoms with Crippen molar-refractivity contribution < 1.29 is 4.79 Å². The number of aromatic nitrogens is 5. The molecule has 0 unspecified atom stereocenters. The zero-order valence-corrected chi connectivity index (χ0v) is 16.1. The minimum atomic E-state index is -0.470. The molecule has 0 atom stereocenters. The summed E-state index contributed by atoms with van der Waals surface area (Å²) in [4.78, 5) is 43.5. The van der Waals surface area contributed by atoms with E-state index in [-0.39, 0.29) is 24.4 Å². The molecule has 0 bridgehead atoms. The molecule has 9 nitrogen and oxygen atoms in total. The Hall–Kier alpha value is -4.01. The van der Waals surface area contributed by atoms with Crippen molar-refractivity contribution >= 4 is 22.5 Å². The Labute approximate surface area is 171 Å². The molecule has 2 aromatic carbocycles. The average molecular weight is 404 g/mol. The lowest BCUT2D eigenvalue weighted by Crippen LogP contribution is -2.35. The summed E-state index contributed by atoms with van der Waals surface area (Å²) in [5, 5.41) is 7.33. The Kier molecular flexibility index (Phi) is 5.51. The Morgan fingerprint density at radius 1 is 1.07 bits per heavy atom. The normalized spacial score (nSPS) is 10.9. The van der Waals surface area contributed by atoms with Crippen molar-refractivity contribution in [1.29, 1.82) is 0 Å². The summed E-state index contributed by atoms with van der Waals surface area (Å²) < 4.78 is 2.85. The number of nitrogens with zero attached hydrogens (tertiary/aromatic N) is 4. The van der Waals surface area contributed by atoms with Crippen LogP contribution in [0.2, 0.25) is 0 Å². The van der Waals surface area contributed by atoms with Crippen molar-refractivity contribution in [2.45, 2.75) is 25.9 Å². The zero-order valence-electron chi connectivity index (χ0n) is 16.1. The van der Waals surface area contributed by atoms with Crippen LogP contribution in [0.5, 0.6) is 0 Å². The number of hydrogen-bond donors (Lipinski definition) is 2. The molecule has 0 saturated carbocycles. The summed E-state index contributed by atoms with van der Waals surface area (Å²) >= 11 is 0. The van der Waals surface area contributed by atoms with E-state index in [9.17, 15) is 14.4 Å². The number of hydrogen-bond acceptors (Lipinski definition) is 5. The van der Waals surface area contributed by atoms with Crippen LogP contribution < -0.4 is 16.6 Å². The maximum absolute atomic E-state index is 12.5. The smallest absolute Gasteiger partial charge is 0.326 e. The van der Waals surface area contributed by atoms with E-state index in [4.69, 9.17) is 0 Å². The second-order valence-electron chi connectivity index (χ2n) is 6.87. The van der Waals surface area contributed by atoms with Gasteiger partial charge in [-0.15, -0.1) is 0 Å². The van der Waals surface area contributed by atoms with Crippen LogP contribution in [0.1, 0.15) is 18.4 Å². The maximum Gasteiger partial charge on any atom is 0.328 e. The Bertz CT molecular complexity index is 1270. The van der Waals surface area contributed by atoms with Crippen molar-refractivity contribution in [2.75, 3.05) is 5.32 Å². The molecule has 4 aromatic rings. The van der Waals surface area contributed by atoms with Gasteiger partial charge in [0, 0.05) is 18.7 Å². The monoisotopic (exact) mass is 404 g/mol. The number of amides is 1. The van der Waals surface area contributed by atoms with Crippen molar-refractivity contribution in [1.82, 2.24) is 24.3 Å². The van der Waals surface area contributed by atoms with Crippen LogP contribution in [-0.4, -0.2) is 30.2 Å². The van der Waals surface area contributed by atoms with Crippen LogP contribution in [0, 0.1) is 0 Å². The summed E-state index contributed by atoms with van der Waals surface area (Å²) in [7, 11) is 0. The van der Waals surface area contributed by atoms with Crippen molar-refractivity contribution in [3.8, 4) is 0 Å². The highest BCUT2D eigenvalue weighted by Crippen LogP contribution is 2.11. The standard InChI is InChI=1S/C21H20N6O3/c28-19(24-16-9-7-15(8-10-16)12-26-14-22-13-23-26)6-3-11-27-20(29)17-4-1-2-5-18(17)25-21(27)30/h1-2,4-5,7-10,13-14H,3,6,11-12H2,(H,24,28)(H,25,30). The maximum atomic E-state index is 12.5. The van der Waals surface area contributed by atoms with Gasteiger partial charge in [0.1, 0.15) is 12.7 Å². The van der Waals surface area contributed by atoms with E-state index in [0.717, 1.165) is 10.1 Å². The first-order valence-corrected chi connectivity index (χ1v) is 9.53. The largest absolute Gasteiger partial charge is 0.328 e. The number of fused-ring (bicyclic) bond motifs is 1. The van der Waals surface area contributed by atoms with E-state index in [2.05, 4.69) is 20.4 Å². The van der Waals surface area contributed by atoms with Crippen LogP contribution in [0.15, 0.2) is 70.8 Å². The van der Waals surface area contributed by atoms with Crippen LogP contribution >= 0.6 is 0 Å². The highest BCUT2D eigenvalue weighted by Gasteiger charge is 2.08. The second kappa shape index (κ2) is 8.56. The fourth-order valence-electron chi connectivity index (χ4n) is 3.22. The lowest BCUT2D eigenvalue weighted by Gasteiger charge is -2.08. The molecule has 4 rings (SSSR count). The molecule has 2 aromatic heterocycles. The summed E-state index contributed by atoms with van der Waals surface area (Å²) in [5.41, 5.74) is 1.41. The molecule has 9 heteroatoms. The minimum absolute atomic E-state index is 0.170. The number of para-hydroxylation sites is 1. The van der Waals surface area contributed by atoms with Gasteiger partial charge in [0.05, 0.1) is 17.4 Å². The quantitative estimate of drug-likeness (QED) is 0.487. The summed E-state index contributed by atoms with van der Waals surface area (Å²) in [6.07, 6.45) is 3.69. The van der Waals surface area contributed by atoms with Gasteiger partial charge in [0.2, 0.25) is 5.91 Å². The molecule has 0 spiro atoms. The molecular weight excluding hydrogens is 384 g/mol. The van der Waals surface area contributed by atoms with E-state index in [1.807, 2.05) is 24.3 Å². The highest BCUT2D eigenvalue weighted by molar-refractivity contribution is 5.90. The van der Waals surface area contributed by atoms with Gasteiger partial charge < -0.3 is 10.3 Å². The predicted octanol–water partition coefficient (Wildman–Crippen LogP) is 1.75. The first-order valence-electron chi connectivity index (χ1n) is 9.53. The van der Waals surface area contributed by atoms with Gasteiger partial charge in [-0.25, -0.2) is 14.5 Å². The van der Waals surface area contributed by atoms with E-state index in [1.165, 1.54) is 6.33 Å². The van der Waals surface area contributed by atoms with Crippen LogP contribution in [0.25, 0.3) is 10.9 Å². The Balaban J connectivity index is 1.33. The number of carbonyl (C=O) groups is 1. The molecule has 2 N–H and O–H groups in total. The number of H-pyrrole nitrogens is 1. The Morgan fingerprint density at radius 2 is 1.87 bits per heavy atom. The number of aromatic amines is 1. The fraction of sp³-hybridized carbons (Fsp3) is 0.190. The zero-order chi connectivity index (χ0) is 20.9. The van der Waals surface area contributed by atoms with Crippen molar-refractivity contribution in [2.24, 2.45) is 0 Å². The molecule has 30 heavy (non-hydrogen) atoms. The third-order valence-corrected chi connectivity index (χ3v) is 4.72. The molecule has 2 heterocycles. The fourth-order valence-corrected chi connectivity index (χ4v) is 3.22. The van der Waals surface area contributed by atoms with Crippen molar-refractivity contribution in [3.63, 3.8) is 0 Å². The number of benzene rings is 2. The summed E-state index contributed by atoms with van der Waals surface area (Å²) in [6, 6.07) is 14.3. The molecule has 0 aliphatic rings. The molecule has 0 aliphatic carbocycles. The molecule has 0 saturated heterocycles. The Morgan fingerprint density at radius 3 is 2.63 bits per heavy atom. The number of carbonyl (C=O) groups excluding carboxylic acids is 1. The van der Waals surface area contributed by atoms with Crippen molar-refractivity contribution in [3.05, 3.63) is 87.6 Å². The third kappa shape index (κ3) is 4.35. The van der Waals surface area contributed by atoms with Crippen LogP contribution in [0.3, 0.4) is 0 Å². The van der Waals surface area contributed by atoms with Gasteiger partial charge in [-0.2, -0.15) is 5.10 Å². The number of anilines is 1. The average Bonchev–Trinajstić information content (AvgIpc) is 3.25. The lowest BCUT2D eigenvalue weighted by atomic mass is 10.2. The molecule has 0 radical (unpaired) electrons. The van der Waals surface area contributed by atoms with E-state index in [1.54, 1.807) is 35.3 Å².